The lowest BCUT2D eigenvalue weighted by Crippen LogP contribution is -2.48. The van der Waals surface area contributed by atoms with Crippen LogP contribution in [0.5, 0.6) is 0 Å². The van der Waals surface area contributed by atoms with E-state index < -0.39 is 0 Å². The lowest BCUT2D eigenvalue weighted by Gasteiger charge is -2.36. The van der Waals surface area contributed by atoms with Crippen LogP contribution in [0.25, 0.3) is 0 Å². The van der Waals surface area contributed by atoms with Gasteiger partial charge in [-0.1, -0.05) is 12.1 Å². The molecule has 0 aliphatic carbocycles. The highest BCUT2D eigenvalue weighted by atomic mass is 19.1. The Morgan fingerprint density at radius 2 is 2.30 bits per heavy atom. The maximum absolute atomic E-state index is 13.2. The van der Waals surface area contributed by atoms with Crippen molar-refractivity contribution in [3.63, 3.8) is 0 Å². The first-order valence-electron chi connectivity index (χ1n) is 7.08. The van der Waals surface area contributed by atoms with Crippen molar-refractivity contribution in [2.75, 3.05) is 26.2 Å². The predicted octanol–water partition coefficient (Wildman–Crippen LogP) is 1.30. The SMILES string of the molecule is CC1CN(CCC(N)c2cccc(F)c2)CC(CO)O1. The van der Waals surface area contributed by atoms with Gasteiger partial charge in [0.25, 0.3) is 0 Å². The fourth-order valence-corrected chi connectivity index (χ4v) is 2.65. The summed E-state index contributed by atoms with van der Waals surface area (Å²) in [4.78, 5) is 2.24. The number of aliphatic hydroxyl groups excluding tert-OH is 1. The highest BCUT2D eigenvalue weighted by Gasteiger charge is 2.24. The van der Waals surface area contributed by atoms with Crippen molar-refractivity contribution in [3.05, 3.63) is 35.6 Å². The zero-order valence-corrected chi connectivity index (χ0v) is 11.8. The van der Waals surface area contributed by atoms with E-state index in [4.69, 9.17) is 10.5 Å². The highest BCUT2D eigenvalue weighted by Crippen LogP contribution is 2.17. The molecule has 5 heteroatoms. The van der Waals surface area contributed by atoms with Gasteiger partial charge in [0.2, 0.25) is 0 Å². The van der Waals surface area contributed by atoms with Gasteiger partial charge in [0, 0.05) is 25.7 Å². The number of hydrogen-bond acceptors (Lipinski definition) is 4. The molecule has 1 aliphatic heterocycles. The Morgan fingerprint density at radius 1 is 1.50 bits per heavy atom. The molecule has 1 aromatic carbocycles. The molecule has 1 aromatic rings. The molecule has 1 aliphatic rings. The van der Waals surface area contributed by atoms with Gasteiger partial charge in [-0.3, -0.25) is 4.90 Å². The number of aliphatic hydroxyl groups is 1. The first kappa shape index (κ1) is 15.4. The summed E-state index contributed by atoms with van der Waals surface area (Å²) in [7, 11) is 0. The molecule has 0 bridgehead atoms. The third-order valence-corrected chi connectivity index (χ3v) is 3.64. The Kier molecular flexibility index (Phi) is 5.48. The quantitative estimate of drug-likeness (QED) is 0.854. The van der Waals surface area contributed by atoms with Crippen LogP contribution in [-0.4, -0.2) is 48.5 Å². The lowest BCUT2D eigenvalue weighted by molar-refractivity contribution is -0.0954. The van der Waals surface area contributed by atoms with Gasteiger partial charge in [-0.15, -0.1) is 0 Å². The Hall–Kier alpha value is -1.01. The van der Waals surface area contributed by atoms with E-state index in [1.165, 1.54) is 12.1 Å². The maximum atomic E-state index is 13.2. The van der Waals surface area contributed by atoms with Crippen molar-refractivity contribution in [1.29, 1.82) is 0 Å². The van der Waals surface area contributed by atoms with E-state index in [1.54, 1.807) is 6.07 Å². The summed E-state index contributed by atoms with van der Waals surface area (Å²) >= 11 is 0. The predicted molar refractivity (Wildman–Crippen MR) is 75.8 cm³/mol. The minimum Gasteiger partial charge on any atom is -0.394 e. The summed E-state index contributed by atoms with van der Waals surface area (Å²) in [5.41, 5.74) is 6.93. The Morgan fingerprint density at radius 3 is 3.00 bits per heavy atom. The van der Waals surface area contributed by atoms with Gasteiger partial charge < -0.3 is 15.6 Å². The largest absolute Gasteiger partial charge is 0.394 e. The molecule has 2 rings (SSSR count). The second-order valence-electron chi connectivity index (χ2n) is 5.46. The number of halogens is 1. The molecular weight excluding hydrogens is 259 g/mol. The van der Waals surface area contributed by atoms with Crippen LogP contribution in [0.15, 0.2) is 24.3 Å². The minimum atomic E-state index is -0.252. The molecule has 3 atom stereocenters. The van der Waals surface area contributed by atoms with E-state index in [0.717, 1.165) is 31.6 Å². The summed E-state index contributed by atoms with van der Waals surface area (Å²) < 4.78 is 18.8. The number of morpholine rings is 1. The van der Waals surface area contributed by atoms with Crippen molar-refractivity contribution in [2.24, 2.45) is 5.73 Å². The molecule has 3 unspecified atom stereocenters. The van der Waals surface area contributed by atoms with Crippen LogP contribution in [0.4, 0.5) is 4.39 Å². The van der Waals surface area contributed by atoms with Crippen molar-refractivity contribution in [1.82, 2.24) is 4.90 Å². The molecule has 3 N–H and O–H groups in total. The van der Waals surface area contributed by atoms with Gasteiger partial charge in [0.15, 0.2) is 0 Å². The van der Waals surface area contributed by atoms with Crippen molar-refractivity contribution >= 4 is 0 Å². The summed E-state index contributed by atoms with van der Waals surface area (Å²) in [6, 6.07) is 6.28. The van der Waals surface area contributed by atoms with Gasteiger partial charge in [-0.05, 0) is 31.0 Å². The number of benzene rings is 1. The summed E-state index contributed by atoms with van der Waals surface area (Å²) in [5, 5.41) is 9.19. The normalized spacial score (nSPS) is 25.6. The van der Waals surface area contributed by atoms with E-state index in [-0.39, 0.29) is 30.7 Å². The molecule has 20 heavy (non-hydrogen) atoms. The molecule has 1 saturated heterocycles. The zero-order valence-electron chi connectivity index (χ0n) is 11.8. The van der Waals surface area contributed by atoms with Gasteiger partial charge in [-0.2, -0.15) is 0 Å². The summed E-state index contributed by atoms with van der Waals surface area (Å²) in [6.45, 7) is 4.42. The molecule has 0 saturated carbocycles. The van der Waals surface area contributed by atoms with Gasteiger partial charge in [0.05, 0.1) is 18.8 Å². The lowest BCUT2D eigenvalue weighted by atomic mass is 10.0. The van der Waals surface area contributed by atoms with E-state index in [0.29, 0.717) is 0 Å². The molecule has 1 fully saturated rings. The van der Waals surface area contributed by atoms with Crippen LogP contribution in [-0.2, 0) is 4.74 Å². The number of hydrogen-bond donors (Lipinski definition) is 2. The highest BCUT2D eigenvalue weighted by molar-refractivity contribution is 5.19. The standard InChI is InChI=1S/C15H23FN2O2/c1-11-8-18(9-14(10-19)20-11)6-5-15(17)12-3-2-4-13(16)7-12/h2-4,7,11,14-15,19H,5-6,8-10,17H2,1H3. The van der Waals surface area contributed by atoms with Crippen LogP contribution >= 0.6 is 0 Å². The zero-order chi connectivity index (χ0) is 14.5. The number of nitrogens with zero attached hydrogens (tertiary/aromatic N) is 1. The van der Waals surface area contributed by atoms with Crippen LogP contribution < -0.4 is 5.73 Å². The molecule has 0 radical (unpaired) electrons. The van der Waals surface area contributed by atoms with Crippen molar-refractivity contribution in [3.8, 4) is 0 Å². The Bertz CT molecular complexity index is 430. The van der Waals surface area contributed by atoms with Gasteiger partial charge in [0.1, 0.15) is 5.82 Å². The van der Waals surface area contributed by atoms with E-state index >= 15 is 0 Å². The average Bonchev–Trinajstić information content (AvgIpc) is 2.44. The van der Waals surface area contributed by atoms with E-state index in [9.17, 15) is 9.50 Å². The Labute approximate surface area is 119 Å². The minimum absolute atomic E-state index is 0.0385. The van der Waals surface area contributed by atoms with Crippen LogP contribution in [0.2, 0.25) is 0 Å². The molecule has 112 valence electrons. The number of nitrogens with two attached hydrogens (primary N) is 1. The first-order chi connectivity index (χ1) is 9.58. The van der Waals surface area contributed by atoms with Crippen molar-refractivity contribution in [2.45, 2.75) is 31.6 Å². The second kappa shape index (κ2) is 7.13. The molecule has 0 amide bonds. The Balaban J connectivity index is 1.85. The van der Waals surface area contributed by atoms with Crippen LogP contribution in [0, 0.1) is 5.82 Å². The fraction of sp³-hybridized carbons (Fsp3) is 0.600. The number of ether oxygens (including phenoxy) is 1. The first-order valence-corrected chi connectivity index (χ1v) is 7.08. The van der Waals surface area contributed by atoms with E-state index in [2.05, 4.69) is 4.90 Å². The molecule has 1 heterocycles. The van der Waals surface area contributed by atoms with E-state index in [1.807, 2.05) is 13.0 Å². The van der Waals surface area contributed by atoms with Crippen LogP contribution in [0.3, 0.4) is 0 Å². The third-order valence-electron chi connectivity index (χ3n) is 3.64. The topological polar surface area (TPSA) is 58.7 Å². The summed E-state index contributed by atoms with van der Waals surface area (Å²) in [6.07, 6.45) is 0.754. The fourth-order valence-electron chi connectivity index (χ4n) is 2.65. The average molecular weight is 282 g/mol. The third kappa shape index (κ3) is 4.24. The molecule has 0 aromatic heterocycles. The molecule has 4 nitrogen and oxygen atoms in total. The smallest absolute Gasteiger partial charge is 0.123 e. The summed E-state index contributed by atoms with van der Waals surface area (Å²) in [5.74, 6) is -0.252. The monoisotopic (exact) mass is 282 g/mol. The van der Waals surface area contributed by atoms with Gasteiger partial charge in [-0.25, -0.2) is 4.39 Å². The molecule has 0 spiro atoms. The van der Waals surface area contributed by atoms with Crippen LogP contribution in [0.1, 0.15) is 24.9 Å². The molecular formula is C15H23FN2O2. The van der Waals surface area contributed by atoms with Gasteiger partial charge >= 0.3 is 0 Å². The maximum Gasteiger partial charge on any atom is 0.123 e. The van der Waals surface area contributed by atoms with Crippen molar-refractivity contribution < 1.29 is 14.2 Å². The number of rotatable bonds is 5. The second-order valence-corrected chi connectivity index (χ2v) is 5.46.